The van der Waals surface area contributed by atoms with Gasteiger partial charge in [0.15, 0.2) is 0 Å². The number of carbonyl (C=O) groups excluding carboxylic acids is 2. The van der Waals surface area contributed by atoms with Crippen molar-refractivity contribution in [3.8, 4) is 5.75 Å². The SMILES string of the molecule is CC(=O)NC1CCN(C(=O)C[C@]2(COc3cc(C)c(Cl)c(C)c3)CN(CC3CCCCC3)CCO2)CC1. The number of halogens is 1. The molecule has 4 rings (SSSR count). The summed E-state index contributed by atoms with van der Waals surface area (Å²) in [5, 5.41) is 3.75. The third-order valence-corrected chi connectivity index (χ3v) is 8.81. The molecule has 1 atom stereocenters. The Labute approximate surface area is 227 Å². The van der Waals surface area contributed by atoms with Gasteiger partial charge in [-0.15, -0.1) is 0 Å². The molecular weight excluding hydrogens is 490 g/mol. The summed E-state index contributed by atoms with van der Waals surface area (Å²) in [7, 11) is 0. The average molecular weight is 534 g/mol. The van der Waals surface area contributed by atoms with Gasteiger partial charge in [-0.25, -0.2) is 0 Å². The number of hydrogen-bond acceptors (Lipinski definition) is 5. The Kier molecular flexibility index (Phi) is 9.76. The third-order valence-electron chi connectivity index (χ3n) is 8.21. The Bertz CT molecular complexity index is 920. The summed E-state index contributed by atoms with van der Waals surface area (Å²) in [6, 6.07) is 4.06. The van der Waals surface area contributed by atoms with Gasteiger partial charge in [-0.3, -0.25) is 14.5 Å². The van der Waals surface area contributed by atoms with Crippen LogP contribution in [0.3, 0.4) is 0 Å². The molecule has 8 heteroatoms. The van der Waals surface area contributed by atoms with Gasteiger partial charge in [0.1, 0.15) is 18.0 Å². The molecule has 1 saturated carbocycles. The number of nitrogens with zero attached hydrogens (tertiary/aromatic N) is 2. The van der Waals surface area contributed by atoms with Gasteiger partial charge in [-0.05, 0) is 68.7 Å². The van der Waals surface area contributed by atoms with Gasteiger partial charge in [-0.1, -0.05) is 30.9 Å². The highest BCUT2D eigenvalue weighted by atomic mass is 35.5. The zero-order valence-corrected chi connectivity index (χ0v) is 23.6. The average Bonchev–Trinajstić information content (AvgIpc) is 2.87. The Morgan fingerprint density at radius 2 is 1.76 bits per heavy atom. The van der Waals surface area contributed by atoms with Crippen LogP contribution in [0.5, 0.6) is 5.75 Å². The van der Waals surface area contributed by atoms with Gasteiger partial charge in [0.25, 0.3) is 0 Å². The molecule has 1 aliphatic carbocycles. The highest BCUT2D eigenvalue weighted by Gasteiger charge is 2.42. The number of hydrogen-bond donors (Lipinski definition) is 1. The maximum Gasteiger partial charge on any atom is 0.225 e. The lowest BCUT2D eigenvalue weighted by molar-refractivity contribution is -0.157. The van der Waals surface area contributed by atoms with Gasteiger partial charge in [0, 0.05) is 50.7 Å². The number of morpholine rings is 1. The second-order valence-corrected chi connectivity index (χ2v) is 11.8. The Hall–Kier alpha value is -1.83. The lowest BCUT2D eigenvalue weighted by Crippen LogP contribution is -2.58. The summed E-state index contributed by atoms with van der Waals surface area (Å²) in [6.07, 6.45) is 8.46. The van der Waals surface area contributed by atoms with Gasteiger partial charge in [0.05, 0.1) is 13.0 Å². The summed E-state index contributed by atoms with van der Waals surface area (Å²) in [5.74, 6) is 1.58. The molecule has 37 heavy (non-hydrogen) atoms. The highest BCUT2D eigenvalue weighted by Crippen LogP contribution is 2.31. The van der Waals surface area contributed by atoms with E-state index in [1.807, 2.05) is 30.9 Å². The van der Waals surface area contributed by atoms with Crippen molar-refractivity contribution in [2.24, 2.45) is 5.92 Å². The smallest absolute Gasteiger partial charge is 0.225 e. The first kappa shape index (κ1) is 28.2. The van der Waals surface area contributed by atoms with Crippen LogP contribution in [0.15, 0.2) is 12.1 Å². The summed E-state index contributed by atoms with van der Waals surface area (Å²) in [5.41, 5.74) is 1.26. The summed E-state index contributed by atoms with van der Waals surface area (Å²) < 4.78 is 12.8. The number of ether oxygens (including phenoxy) is 2. The van der Waals surface area contributed by atoms with Crippen LogP contribution < -0.4 is 10.1 Å². The van der Waals surface area contributed by atoms with Crippen LogP contribution in [0.4, 0.5) is 0 Å². The Balaban J connectivity index is 1.44. The molecule has 0 aromatic heterocycles. The normalized spacial score (nSPS) is 24.2. The quantitative estimate of drug-likeness (QED) is 0.532. The van der Waals surface area contributed by atoms with Gasteiger partial charge < -0.3 is 19.7 Å². The molecule has 3 fully saturated rings. The van der Waals surface area contributed by atoms with Crippen LogP contribution in [0.2, 0.25) is 5.02 Å². The fourth-order valence-corrected chi connectivity index (χ4v) is 6.32. The lowest BCUT2D eigenvalue weighted by Gasteiger charge is -2.44. The zero-order valence-electron chi connectivity index (χ0n) is 22.8. The number of likely N-dealkylation sites (tertiary alicyclic amines) is 1. The molecule has 2 saturated heterocycles. The molecule has 1 aromatic rings. The van der Waals surface area contributed by atoms with E-state index in [0.717, 1.165) is 53.7 Å². The second-order valence-electron chi connectivity index (χ2n) is 11.5. The van der Waals surface area contributed by atoms with Crippen molar-refractivity contribution < 1.29 is 19.1 Å². The molecule has 0 spiro atoms. The first-order valence-corrected chi connectivity index (χ1v) is 14.4. The van der Waals surface area contributed by atoms with Gasteiger partial charge in [0.2, 0.25) is 11.8 Å². The van der Waals surface area contributed by atoms with Crippen molar-refractivity contribution >= 4 is 23.4 Å². The predicted octanol–water partition coefficient (Wildman–Crippen LogP) is 4.50. The number of aryl methyl sites for hydroxylation is 2. The minimum Gasteiger partial charge on any atom is -0.490 e. The maximum absolute atomic E-state index is 13.5. The highest BCUT2D eigenvalue weighted by molar-refractivity contribution is 6.32. The van der Waals surface area contributed by atoms with Crippen molar-refractivity contribution in [2.45, 2.75) is 83.8 Å². The monoisotopic (exact) mass is 533 g/mol. The van der Waals surface area contributed by atoms with Crippen LogP contribution in [-0.4, -0.2) is 79.2 Å². The molecule has 1 aromatic carbocycles. The topological polar surface area (TPSA) is 71.1 Å². The molecule has 1 N–H and O–H groups in total. The van der Waals surface area contributed by atoms with Crippen molar-refractivity contribution in [2.75, 3.05) is 45.9 Å². The van der Waals surface area contributed by atoms with Gasteiger partial charge >= 0.3 is 0 Å². The third kappa shape index (κ3) is 7.84. The van der Waals surface area contributed by atoms with Gasteiger partial charge in [-0.2, -0.15) is 0 Å². The lowest BCUT2D eigenvalue weighted by atomic mass is 9.88. The zero-order chi connectivity index (χ0) is 26.4. The van der Waals surface area contributed by atoms with Crippen LogP contribution >= 0.6 is 11.6 Å². The van der Waals surface area contributed by atoms with E-state index in [1.165, 1.54) is 32.1 Å². The second kappa shape index (κ2) is 12.8. The molecule has 0 bridgehead atoms. The maximum atomic E-state index is 13.5. The standard InChI is InChI=1S/C29H44ClN3O4/c1-21-15-26(16-22(2)28(21)30)36-20-29(17-27(35)33-11-9-25(10-12-33)31-23(3)34)19-32(13-14-37-29)18-24-7-5-4-6-8-24/h15-16,24-25H,4-14,17-20H2,1-3H3,(H,31,34)/t29-/m1/s1. The number of rotatable bonds is 8. The summed E-state index contributed by atoms with van der Waals surface area (Å²) in [6.45, 7) is 10.4. The molecule has 206 valence electrons. The Morgan fingerprint density at radius 3 is 2.41 bits per heavy atom. The first-order chi connectivity index (χ1) is 17.7. The Morgan fingerprint density at radius 1 is 1.08 bits per heavy atom. The van der Waals surface area contributed by atoms with Crippen molar-refractivity contribution in [3.63, 3.8) is 0 Å². The molecule has 0 radical (unpaired) electrons. The van der Waals surface area contributed by atoms with E-state index in [1.54, 1.807) is 6.92 Å². The van der Waals surface area contributed by atoms with Crippen LogP contribution in [0.25, 0.3) is 0 Å². The fourth-order valence-electron chi connectivity index (χ4n) is 6.21. The molecule has 2 aliphatic heterocycles. The van der Waals surface area contributed by atoms with E-state index in [0.29, 0.717) is 39.3 Å². The van der Waals surface area contributed by atoms with E-state index in [-0.39, 0.29) is 17.9 Å². The predicted molar refractivity (Wildman–Crippen MR) is 146 cm³/mol. The van der Waals surface area contributed by atoms with E-state index < -0.39 is 5.60 Å². The van der Waals surface area contributed by atoms with Crippen LogP contribution in [-0.2, 0) is 14.3 Å². The molecule has 3 aliphatic rings. The van der Waals surface area contributed by atoms with Crippen molar-refractivity contribution in [3.05, 3.63) is 28.3 Å². The van der Waals surface area contributed by atoms with E-state index in [2.05, 4.69) is 10.2 Å². The van der Waals surface area contributed by atoms with E-state index in [4.69, 9.17) is 21.1 Å². The largest absolute Gasteiger partial charge is 0.490 e. The minimum absolute atomic E-state index is 0.0118. The van der Waals surface area contributed by atoms with E-state index in [9.17, 15) is 9.59 Å². The minimum atomic E-state index is -0.695. The number of carbonyl (C=O) groups is 2. The molecular formula is C29H44ClN3O4. The number of piperidine rings is 1. The molecule has 2 amide bonds. The van der Waals surface area contributed by atoms with Crippen molar-refractivity contribution in [1.82, 2.24) is 15.1 Å². The summed E-state index contributed by atoms with van der Waals surface area (Å²) >= 11 is 6.37. The molecule has 7 nitrogen and oxygen atoms in total. The van der Waals surface area contributed by atoms with Crippen LogP contribution in [0, 0.1) is 19.8 Å². The number of amides is 2. The van der Waals surface area contributed by atoms with E-state index >= 15 is 0 Å². The van der Waals surface area contributed by atoms with Crippen LogP contribution in [0.1, 0.15) is 69.4 Å². The first-order valence-electron chi connectivity index (χ1n) is 14.0. The summed E-state index contributed by atoms with van der Waals surface area (Å²) in [4.78, 5) is 29.4. The molecule has 0 unspecified atom stereocenters. The number of nitrogens with one attached hydrogen (secondary N) is 1. The fraction of sp³-hybridized carbons (Fsp3) is 0.724. The number of benzene rings is 1. The molecule has 2 heterocycles. The van der Waals surface area contributed by atoms with Crippen molar-refractivity contribution in [1.29, 1.82) is 0 Å².